The van der Waals surface area contributed by atoms with E-state index in [-0.39, 0.29) is 0 Å². The fraction of sp³-hybridized carbons (Fsp3) is 0.294. The van der Waals surface area contributed by atoms with Crippen molar-refractivity contribution in [3.05, 3.63) is 69.2 Å². The van der Waals surface area contributed by atoms with Crippen LogP contribution in [0.3, 0.4) is 0 Å². The summed E-state index contributed by atoms with van der Waals surface area (Å²) in [6.45, 7) is 2.05. The van der Waals surface area contributed by atoms with Crippen LogP contribution in [0.1, 0.15) is 40.7 Å². The van der Waals surface area contributed by atoms with Gasteiger partial charge in [-0.2, -0.15) is 0 Å². The van der Waals surface area contributed by atoms with E-state index in [1.807, 2.05) is 12.1 Å². The molecule has 1 aliphatic carbocycles. The van der Waals surface area contributed by atoms with Crippen LogP contribution in [0.15, 0.2) is 46.9 Å². The zero-order valence-corrected chi connectivity index (χ0v) is 12.5. The van der Waals surface area contributed by atoms with E-state index in [4.69, 9.17) is 0 Å². The van der Waals surface area contributed by atoms with Crippen LogP contribution in [0.25, 0.3) is 0 Å². The standard InChI is InChI=1S/C17H17BrO/c1-11-5-4-8-15(17(11)18)16(19)10-13-9-12-6-2-3-7-14(12)13/h2-8,13,16,19H,9-10H2,1H3. The molecule has 3 rings (SSSR count). The summed E-state index contributed by atoms with van der Waals surface area (Å²) in [7, 11) is 0. The first-order chi connectivity index (χ1) is 9.16. The second-order valence-electron chi connectivity index (χ2n) is 5.33. The number of aliphatic hydroxyl groups excluding tert-OH is 1. The van der Waals surface area contributed by atoms with Crippen LogP contribution >= 0.6 is 15.9 Å². The van der Waals surface area contributed by atoms with Gasteiger partial charge in [0.25, 0.3) is 0 Å². The van der Waals surface area contributed by atoms with Gasteiger partial charge in [-0.25, -0.2) is 0 Å². The molecule has 0 aromatic heterocycles. The normalized spacial score (nSPS) is 18.6. The smallest absolute Gasteiger partial charge is 0.0807 e. The maximum atomic E-state index is 10.5. The second kappa shape index (κ2) is 5.10. The highest BCUT2D eigenvalue weighted by Gasteiger charge is 2.28. The Balaban J connectivity index is 1.77. The molecule has 2 heteroatoms. The molecular formula is C17H17BrO. The fourth-order valence-electron chi connectivity index (χ4n) is 2.90. The molecule has 2 aromatic carbocycles. The van der Waals surface area contributed by atoms with Crippen molar-refractivity contribution in [2.45, 2.75) is 31.8 Å². The van der Waals surface area contributed by atoms with Gasteiger partial charge in [-0.05, 0) is 47.9 Å². The van der Waals surface area contributed by atoms with E-state index in [9.17, 15) is 5.11 Å². The lowest BCUT2D eigenvalue weighted by Gasteiger charge is -2.32. The van der Waals surface area contributed by atoms with E-state index in [2.05, 4.69) is 53.2 Å². The molecule has 0 aliphatic heterocycles. The first kappa shape index (κ1) is 12.9. The number of hydrogen-bond donors (Lipinski definition) is 1. The van der Waals surface area contributed by atoms with E-state index in [0.29, 0.717) is 5.92 Å². The molecular weight excluding hydrogens is 300 g/mol. The number of fused-ring (bicyclic) bond motifs is 1. The van der Waals surface area contributed by atoms with Gasteiger partial charge in [0.2, 0.25) is 0 Å². The van der Waals surface area contributed by atoms with Gasteiger partial charge in [0.15, 0.2) is 0 Å². The highest BCUT2D eigenvalue weighted by molar-refractivity contribution is 9.10. The number of rotatable bonds is 3. The lowest BCUT2D eigenvalue weighted by molar-refractivity contribution is 0.153. The highest BCUT2D eigenvalue weighted by Crippen LogP contribution is 2.41. The third-order valence-corrected chi connectivity index (χ3v) is 5.13. The largest absolute Gasteiger partial charge is 0.388 e. The molecule has 1 N–H and O–H groups in total. The first-order valence-electron chi connectivity index (χ1n) is 6.67. The molecule has 2 atom stereocenters. The maximum absolute atomic E-state index is 10.5. The summed E-state index contributed by atoms with van der Waals surface area (Å²) >= 11 is 3.58. The summed E-state index contributed by atoms with van der Waals surface area (Å²) in [5.41, 5.74) is 5.02. The molecule has 0 amide bonds. The van der Waals surface area contributed by atoms with Gasteiger partial charge in [-0.1, -0.05) is 58.4 Å². The number of hydrogen-bond acceptors (Lipinski definition) is 1. The molecule has 19 heavy (non-hydrogen) atoms. The maximum Gasteiger partial charge on any atom is 0.0807 e. The Kier molecular flexibility index (Phi) is 3.46. The van der Waals surface area contributed by atoms with Gasteiger partial charge < -0.3 is 5.11 Å². The van der Waals surface area contributed by atoms with Crippen LogP contribution < -0.4 is 0 Å². The summed E-state index contributed by atoms with van der Waals surface area (Å²) in [6.07, 6.45) is 1.50. The minimum absolute atomic E-state index is 0.396. The lowest BCUT2D eigenvalue weighted by atomic mass is 9.74. The third-order valence-electron chi connectivity index (χ3n) is 4.05. The Hall–Kier alpha value is -1.12. The van der Waals surface area contributed by atoms with Crippen molar-refractivity contribution in [2.24, 2.45) is 0 Å². The van der Waals surface area contributed by atoms with E-state index < -0.39 is 6.10 Å². The van der Waals surface area contributed by atoms with E-state index in [1.165, 1.54) is 16.7 Å². The van der Waals surface area contributed by atoms with Gasteiger partial charge in [0.05, 0.1) is 6.10 Å². The molecule has 1 nitrogen and oxygen atoms in total. The second-order valence-corrected chi connectivity index (χ2v) is 6.12. The van der Waals surface area contributed by atoms with Crippen molar-refractivity contribution in [1.29, 1.82) is 0 Å². The van der Waals surface area contributed by atoms with E-state index in [0.717, 1.165) is 22.9 Å². The zero-order valence-electron chi connectivity index (χ0n) is 10.9. The first-order valence-corrected chi connectivity index (χ1v) is 7.47. The Bertz CT molecular complexity index is 606. The Morgan fingerprint density at radius 1 is 1.21 bits per heavy atom. The van der Waals surface area contributed by atoms with E-state index >= 15 is 0 Å². The molecule has 1 aliphatic rings. The zero-order chi connectivity index (χ0) is 13.4. The monoisotopic (exact) mass is 316 g/mol. The molecule has 98 valence electrons. The summed E-state index contributed by atoms with van der Waals surface area (Å²) in [5, 5.41) is 10.5. The molecule has 0 fully saturated rings. The Labute approximate surface area is 122 Å². The van der Waals surface area contributed by atoms with Crippen molar-refractivity contribution >= 4 is 15.9 Å². The van der Waals surface area contributed by atoms with Crippen LogP contribution in [-0.2, 0) is 6.42 Å². The van der Waals surface area contributed by atoms with Gasteiger partial charge in [0.1, 0.15) is 0 Å². The van der Waals surface area contributed by atoms with Crippen LogP contribution in [0.5, 0.6) is 0 Å². The van der Waals surface area contributed by atoms with Crippen molar-refractivity contribution in [3.8, 4) is 0 Å². The number of aryl methyl sites for hydroxylation is 1. The van der Waals surface area contributed by atoms with E-state index in [1.54, 1.807) is 0 Å². The van der Waals surface area contributed by atoms with Crippen molar-refractivity contribution in [3.63, 3.8) is 0 Å². The average Bonchev–Trinajstić information content (AvgIpc) is 2.39. The van der Waals surface area contributed by atoms with Gasteiger partial charge in [0, 0.05) is 4.47 Å². The summed E-state index contributed by atoms with van der Waals surface area (Å²) in [5.74, 6) is 0.499. The number of halogens is 1. The minimum atomic E-state index is -0.396. The molecule has 0 bridgehead atoms. The average molecular weight is 317 g/mol. The molecule has 0 saturated carbocycles. The number of benzene rings is 2. The van der Waals surface area contributed by atoms with Crippen molar-refractivity contribution < 1.29 is 5.11 Å². The summed E-state index contributed by atoms with van der Waals surface area (Å²) < 4.78 is 1.04. The topological polar surface area (TPSA) is 20.2 Å². The Morgan fingerprint density at radius 2 is 2.00 bits per heavy atom. The van der Waals surface area contributed by atoms with Gasteiger partial charge in [-0.3, -0.25) is 0 Å². The predicted molar refractivity (Wildman–Crippen MR) is 81.3 cm³/mol. The highest BCUT2D eigenvalue weighted by atomic mass is 79.9. The quantitative estimate of drug-likeness (QED) is 0.882. The van der Waals surface area contributed by atoms with Crippen molar-refractivity contribution in [1.82, 2.24) is 0 Å². The van der Waals surface area contributed by atoms with Crippen LogP contribution in [0.4, 0.5) is 0 Å². The number of aliphatic hydroxyl groups is 1. The molecule has 0 saturated heterocycles. The third kappa shape index (κ3) is 2.35. The fourth-order valence-corrected chi connectivity index (χ4v) is 3.43. The molecule has 0 spiro atoms. The Morgan fingerprint density at radius 3 is 2.79 bits per heavy atom. The summed E-state index contributed by atoms with van der Waals surface area (Å²) in [4.78, 5) is 0. The molecule has 2 unspecified atom stereocenters. The SMILES string of the molecule is Cc1cccc(C(O)CC2Cc3ccccc32)c1Br. The van der Waals surface area contributed by atoms with Crippen LogP contribution in [0, 0.1) is 6.92 Å². The summed E-state index contributed by atoms with van der Waals surface area (Å²) in [6, 6.07) is 14.6. The van der Waals surface area contributed by atoms with Gasteiger partial charge >= 0.3 is 0 Å². The predicted octanol–water partition coefficient (Wildman–Crippen LogP) is 4.52. The van der Waals surface area contributed by atoms with Crippen molar-refractivity contribution in [2.75, 3.05) is 0 Å². The molecule has 0 radical (unpaired) electrons. The molecule has 2 aromatic rings. The van der Waals surface area contributed by atoms with Crippen LogP contribution in [0.2, 0.25) is 0 Å². The van der Waals surface area contributed by atoms with Crippen LogP contribution in [-0.4, -0.2) is 5.11 Å². The minimum Gasteiger partial charge on any atom is -0.388 e. The molecule has 0 heterocycles. The van der Waals surface area contributed by atoms with Gasteiger partial charge in [-0.15, -0.1) is 0 Å². The lowest BCUT2D eigenvalue weighted by Crippen LogP contribution is -2.19.